The predicted octanol–water partition coefficient (Wildman–Crippen LogP) is 2.49. The molecule has 3 heterocycles. The average molecular weight is 439 g/mol. The van der Waals surface area contributed by atoms with Gasteiger partial charge in [0.25, 0.3) is 0 Å². The summed E-state index contributed by atoms with van der Waals surface area (Å²) in [5.41, 5.74) is 6.69. The molecule has 1 aromatic heterocycles. The molecule has 32 heavy (non-hydrogen) atoms. The molecule has 6 N–H and O–H groups in total. The molecular weight excluding hydrogens is 408 g/mol. The van der Waals surface area contributed by atoms with Gasteiger partial charge in [0.15, 0.2) is 0 Å². The maximum absolute atomic E-state index is 12.6. The molecule has 2 saturated heterocycles. The minimum absolute atomic E-state index is 0.168. The molecule has 9 heteroatoms. The number of likely N-dealkylation sites (tertiary alicyclic amines) is 1. The predicted molar refractivity (Wildman–Crippen MR) is 123 cm³/mol. The van der Waals surface area contributed by atoms with Crippen LogP contribution in [0.25, 0.3) is 0 Å². The summed E-state index contributed by atoms with van der Waals surface area (Å²) in [4.78, 5) is 18.9. The zero-order valence-corrected chi connectivity index (χ0v) is 18.3. The van der Waals surface area contributed by atoms with Crippen LogP contribution < -0.4 is 16.4 Å². The minimum Gasteiger partial charge on any atom is -0.398 e. The number of pyridine rings is 1. The van der Waals surface area contributed by atoms with Crippen molar-refractivity contribution < 1.29 is 14.6 Å². The number of nitrogens with one attached hydrogen (secondary N) is 3. The number of aromatic nitrogens is 1. The highest BCUT2D eigenvalue weighted by Gasteiger charge is 2.35. The van der Waals surface area contributed by atoms with Gasteiger partial charge in [-0.1, -0.05) is 30.3 Å². The molecule has 9 nitrogen and oxygen atoms in total. The Hall–Kier alpha value is -3.17. The third kappa shape index (κ3) is 4.84. The number of carbonyl (C=O) groups excluding carboxylic acids is 1. The lowest BCUT2D eigenvalue weighted by molar-refractivity contribution is -0.0157. The Morgan fingerprint density at radius 3 is 2.53 bits per heavy atom. The summed E-state index contributed by atoms with van der Waals surface area (Å²) in [5, 5.41) is 24.6. The van der Waals surface area contributed by atoms with Crippen LogP contribution in [0.4, 0.5) is 16.3 Å². The Bertz CT molecular complexity index is 979. The molecule has 2 amide bonds. The standard InChI is InChI=1S/C23H30N6O3/c1-23(2,31)20(14-6-4-3-5-7-14)28-22(30)27-19-10-18(24)17(11-26-19)21(25)29-12-15-8-9-16(13-29)32-15/h3-7,10-11,15-16,20,25,31H,8-9,12-13H2,1-2H3,(H4,24,26,27,28,30). The molecule has 1 aromatic carbocycles. The van der Waals surface area contributed by atoms with Gasteiger partial charge in [0.05, 0.1) is 29.4 Å². The number of morpholine rings is 1. The molecule has 3 unspecified atom stereocenters. The average Bonchev–Trinajstić information content (AvgIpc) is 3.09. The van der Waals surface area contributed by atoms with Gasteiger partial charge in [-0.05, 0) is 32.3 Å². The van der Waals surface area contributed by atoms with E-state index >= 15 is 0 Å². The van der Waals surface area contributed by atoms with Gasteiger partial charge in [0, 0.05) is 31.0 Å². The second-order valence-corrected chi connectivity index (χ2v) is 8.96. The Kier molecular flexibility index (Phi) is 6.03. The quantitative estimate of drug-likeness (QED) is 0.359. The van der Waals surface area contributed by atoms with Crippen molar-refractivity contribution in [1.82, 2.24) is 15.2 Å². The number of carbonyl (C=O) groups is 1. The largest absolute Gasteiger partial charge is 0.398 e. The van der Waals surface area contributed by atoms with Gasteiger partial charge < -0.3 is 25.8 Å². The zero-order chi connectivity index (χ0) is 22.9. The number of hydrogen-bond acceptors (Lipinski definition) is 6. The highest BCUT2D eigenvalue weighted by molar-refractivity contribution is 6.01. The fourth-order valence-corrected chi connectivity index (χ4v) is 4.30. The summed E-state index contributed by atoms with van der Waals surface area (Å²) in [6.45, 7) is 4.63. The first-order valence-corrected chi connectivity index (χ1v) is 10.8. The van der Waals surface area contributed by atoms with Crippen molar-refractivity contribution >= 4 is 23.4 Å². The fraction of sp³-hybridized carbons (Fsp3) is 0.435. The fourth-order valence-electron chi connectivity index (χ4n) is 4.30. The summed E-state index contributed by atoms with van der Waals surface area (Å²) in [7, 11) is 0. The van der Waals surface area contributed by atoms with Crippen molar-refractivity contribution in [2.45, 2.75) is 50.5 Å². The Labute approximate surface area is 187 Å². The van der Waals surface area contributed by atoms with Crippen LogP contribution in [-0.2, 0) is 4.74 Å². The van der Waals surface area contributed by atoms with E-state index in [-0.39, 0.29) is 18.0 Å². The van der Waals surface area contributed by atoms with E-state index in [1.807, 2.05) is 35.2 Å². The molecule has 2 aliphatic rings. The third-order valence-corrected chi connectivity index (χ3v) is 5.91. The SMILES string of the molecule is CC(C)(O)C(NC(=O)Nc1cc(N)c(C(=N)N2CC3CCC(C2)O3)cn1)c1ccccc1. The molecule has 170 valence electrons. The minimum atomic E-state index is -1.18. The lowest BCUT2D eigenvalue weighted by Gasteiger charge is -2.34. The number of benzene rings is 1. The smallest absolute Gasteiger partial charge is 0.320 e. The van der Waals surface area contributed by atoms with Crippen molar-refractivity contribution in [2.24, 2.45) is 0 Å². The number of anilines is 2. The molecule has 0 spiro atoms. The van der Waals surface area contributed by atoms with E-state index in [0.29, 0.717) is 30.2 Å². The van der Waals surface area contributed by atoms with E-state index < -0.39 is 17.7 Å². The van der Waals surface area contributed by atoms with E-state index in [9.17, 15) is 9.90 Å². The van der Waals surface area contributed by atoms with E-state index in [2.05, 4.69) is 15.6 Å². The van der Waals surface area contributed by atoms with E-state index in [4.69, 9.17) is 15.9 Å². The molecule has 2 aromatic rings. The van der Waals surface area contributed by atoms with E-state index in [0.717, 1.165) is 18.4 Å². The van der Waals surface area contributed by atoms with Crippen molar-refractivity contribution in [3.8, 4) is 0 Å². The Morgan fingerprint density at radius 1 is 1.28 bits per heavy atom. The topological polar surface area (TPSA) is 137 Å². The van der Waals surface area contributed by atoms with Crippen molar-refractivity contribution in [2.75, 3.05) is 24.1 Å². The van der Waals surface area contributed by atoms with Gasteiger partial charge in [0.2, 0.25) is 0 Å². The second-order valence-electron chi connectivity index (χ2n) is 8.96. The van der Waals surface area contributed by atoms with Crippen LogP contribution in [-0.4, -0.2) is 57.8 Å². The molecule has 0 saturated carbocycles. The van der Waals surface area contributed by atoms with Gasteiger partial charge in [-0.15, -0.1) is 0 Å². The van der Waals surface area contributed by atoms with Crippen LogP contribution in [0.5, 0.6) is 0 Å². The van der Waals surface area contributed by atoms with Gasteiger partial charge in [-0.2, -0.15) is 0 Å². The van der Waals surface area contributed by atoms with Gasteiger partial charge in [-0.25, -0.2) is 9.78 Å². The molecule has 0 radical (unpaired) electrons. The monoisotopic (exact) mass is 438 g/mol. The molecule has 2 bridgehead atoms. The highest BCUT2D eigenvalue weighted by atomic mass is 16.5. The van der Waals surface area contributed by atoms with Crippen molar-refractivity contribution in [3.05, 3.63) is 53.7 Å². The summed E-state index contributed by atoms with van der Waals surface area (Å²) in [6, 6.07) is 9.67. The molecule has 2 aliphatic heterocycles. The molecular formula is C23H30N6O3. The number of hydrogen-bond donors (Lipinski definition) is 5. The number of amides is 2. The number of amidine groups is 1. The van der Waals surface area contributed by atoms with E-state index in [1.54, 1.807) is 19.9 Å². The number of nitrogen functional groups attached to an aromatic ring is 1. The van der Waals surface area contributed by atoms with Crippen LogP contribution in [0.3, 0.4) is 0 Å². The van der Waals surface area contributed by atoms with Gasteiger partial charge in [-0.3, -0.25) is 10.7 Å². The normalized spacial score (nSPS) is 21.2. The Morgan fingerprint density at radius 2 is 1.94 bits per heavy atom. The molecule has 2 fully saturated rings. The lowest BCUT2D eigenvalue weighted by atomic mass is 9.92. The summed E-state index contributed by atoms with van der Waals surface area (Å²) in [6.07, 6.45) is 3.89. The molecule has 4 rings (SSSR count). The Balaban J connectivity index is 1.42. The number of urea groups is 1. The number of fused-ring (bicyclic) bond motifs is 2. The van der Waals surface area contributed by atoms with Gasteiger partial charge >= 0.3 is 6.03 Å². The first-order valence-electron chi connectivity index (χ1n) is 10.8. The number of ether oxygens (including phenoxy) is 1. The molecule has 3 atom stereocenters. The van der Waals surface area contributed by atoms with Gasteiger partial charge in [0.1, 0.15) is 11.7 Å². The summed E-state index contributed by atoms with van der Waals surface area (Å²) in [5.74, 6) is 0.582. The third-order valence-electron chi connectivity index (χ3n) is 5.91. The maximum Gasteiger partial charge on any atom is 0.320 e. The summed E-state index contributed by atoms with van der Waals surface area (Å²) >= 11 is 0. The number of rotatable bonds is 5. The van der Waals surface area contributed by atoms with Crippen LogP contribution >= 0.6 is 0 Å². The number of nitrogens with zero attached hydrogens (tertiary/aromatic N) is 2. The number of aliphatic hydroxyl groups is 1. The van der Waals surface area contributed by atoms with Crippen LogP contribution in [0.2, 0.25) is 0 Å². The van der Waals surface area contributed by atoms with Crippen LogP contribution in [0.15, 0.2) is 42.6 Å². The first-order chi connectivity index (χ1) is 15.2. The van der Waals surface area contributed by atoms with E-state index in [1.165, 1.54) is 6.20 Å². The van der Waals surface area contributed by atoms with Crippen LogP contribution in [0.1, 0.15) is 43.9 Å². The lowest BCUT2D eigenvalue weighted by Crippen LogP contribution is -2.46. The van der Waals surface area contributed by atoms with Crippen LogP contribution in [0, 0.1) is 5.41 Å². The van der Waals surface area contributed by atoms with Crippen molar-refractivity contribution in [1.29, 1.82) is 5.41 Å². The number of nitrogens with two attached hydrogens (primary N) is 1. The first kappa shape index (κ1) is 22.0. The zero-order valence-electron chi connectivity index (χ0n) is 18.3. The summed E-state index contributed by atoms with van der Waals surface area (Å²) < 4.78 is 5.84. The second kappa shape index (κ2) is 8.76. The molecule has 0 aliphatic carbocycles. The van der Waals surface area contributed by atoms with Crippen molar-refractivity contribution in [3.63, 3.8) is 0 Å². The highest BCUT2D eigenvalue weighted by Crippen LogP contribution is 2.28. The maximum atomic E-state index is 12.6.